The largest absolute Gasteiger partial charge is 0.497 e. The van der Waals surface area contributed by atoms with Gasteiger partial charge in [-0.05, 0) is 30.2 Å². The van der Waals surface area contributed by atoms with Crippen LogP contribution in [0.25, 0.3) is 0 Å². The SMILES string of the molecule is CCOC(=O)[C@H](O)[C@@H](NCc1ccccc1)c1ccc(OC)cc1. The Kier molecular flexibility index (Phi) is 6.78. The molecule has 2 N–H and O–H groups in total. The molecule has 2 atom stereocenters. The Balaban J connectivity index is 2.17. The van der Waals surface area contributed by atoms with Crippen molar-refractivity contribution in [3.63, 3.8) is 0 Å². The lowest BCUT2D eigenvalue weighted by atomic mass is 10.0. The van der Waals surface area contributed by atoms with Gasteiger partial charge in [0.25, 0.3) is 0 Å². The molecule has 2 aromatic rings. The van der Waals surface area contributed by atoms with E-state index in [0.717, 1.165) is 11.1 Å². The molecule has 24 heavy (non-hydrogen) atoms. The number of aliphatic hydroxyl groups is 1. The predicted octanol–water partition coefficient (Wildman–Crippen LogP) is 2.45. The van der Waals surface area contributed by atoms with Crippen LogP contribution in [0.15, 0.2) is 54.6 Å². The van der Waals surface area contributed by atoms with Gasteiger partial charge in [-0.3, -0.25) is 0 Å². The molecule has 0 aliphatic carbocycles. The molecular weight excluding hydrogens is 306 g/mol. The van der Waals surface area contributed by atoms with Gasteiger partial charge in [-0.2, -0.15) is 0 Å². The summed E-state index contributed by atoms with van der Waals surface area (Å²) in [4.78, 5) is 12.0. The van der Waals surface area contributed by atoms with Gasteiger partial charge in [0, 0.05) is 6.54 Å². The Labute approximate surface area is 142 Å². The molecule has 0 aliphatic rings. The minimum atomic E-state index is -1.29. The van der Waals surface area contributed by atoms with E-state index in [1.54, 1.807) is 26.2 Å². The molecule has 0 saturated heterocycles. The Hall–Kier alpha value is -2.37. The second-order valence-corrected chi connectivity index (χ2v) is 5.31. The quantitative estimate of drug-likeness (QED) is 0.728. The van der Waals surface area contributed by atoms with E-state index < -0.39 is 18.1 Å². The average Bonchev–Trinajstić information content (AvgIpc) is 2.63. The van der Waals surface area contributed by atoms with Gasteiger partial charge in [0.2, 0.25) is 0 Å². The summed E-state index contributed by atoms with van der Waals surface area (Å²) in [5.74, 6) is 0.0741. The van der Waals surface area contributed by atoms with E-state index in [4.69, 9.17) is 9.47 Å². The van der Waals surface area contributed by atoms with Crippen LogP contribution in [0.1, 0.15) is 24.1 Å². The van der Waals surface area contributed by atoms with Crippen molar-refractivity contribution in [2.75, 3.05) is 13.7 Å². The fourth-order valence-corrected chi connectivity index (χ4v) is 2.41. The number of methoxy groups -OCH3 is 1. The summed E-state index contributed by atoms with van der Waals surface area (Å²) in [6.07, 6.45) is -1.29. The lowest BCUT2D eigenvalue weighted by Gasteiger charge is -2.23. The molecule has 5 heteroatoms. The lowest BCUT2D eigenvalue weighted by molar-refractivity contribution is -0.154. The summed E-state index contributed by atoms with van der Waals surface area (Å²) in [6, 6.07) is 16.5. The molecule has 128 valence electrons. The fourth-order valence-electron chi connectivity index (χ4n) is 2.41. The van der Waals surface area contributed by atoms with E-state index in [0.29, 0.717) is 12.3 Å². The molecule has 0 bridgehead atoms. The molecular formula is C19H23NO4. The Morgan fingerprint density at radius 3 is 2.38 bits per heavy atom. The van der Waals surface area contributed by atoms with E-state index in [9.17, 15) is 9.90 Å². The summed E-state index contributed by atoms with van der Waals surface area (Å²) >= 11 is 0. The maximum atomic E-state index is 12.0. The van der Waals surface area contributed by atoms with E-state index in [2.05, 4.69) is 5.32 Å². The maximum absolute atomic E-state index is 12.0. The van der Waals surface area contributed by atoms with Crippen LogP contribution >= 0.6 is 0 Å². The highest BCUT2D eigenvalue weighted by atomic mass is 16.5. The smallest absolute Gasteiger partial charge is 0.336 e. The summed E-state index contributed by atoms with van der Waals surface area (Å²) in [6.45, 7) is 2.46. The molecule has 0 heterocycles. The monoisotopic (exact) mass is 329 g/mol. The molecule has 0 fully saturated rings. The molecule has 2 aromatic carbocycles. The highest BCUT2D eigenvalue weighted by molar-refractivity contribution is 5.75. The minimum Gasteiger partial charge on any atom is -0.497 e. The van der Waals surface area contributed by atoms with Gasteiger partial charge in [-0.25, -0.2) is 4.79 Å². The molecule has 0 unspecified atom stereocenters. The van der Waals surface area contributed by atoms with Crippen molar-refractivity contribution in [1.29, 1.82) is 0 Å². The number of hydrogen-bond acceptors (Lipinski definition) is 5. The molecule has 0 spiro atoms. The number of carbonyl (C=O) groups is 1. The Morgan fingerprint density at radius 2 is 1.79 bits per heavy atom. The van der Waals surface area contributed by atoms with E-state index in [-0.39, 0.29) is 6.61 Å². The topological polar surface area (TPSA) is 67.8 Å². The Morgan fingerprint density at radius 1 is 1.12 bits per heavy atom. The van der Waals surface area contributed by atoms with Gasteiger partial charge in [0.1, 0.15) is 5.75 Å². The third-order valence-corrected chi connectivity index (χ3v) is 3.69. The van der Waals surface area contributed by atoms with Crippen LogP contribution in [-0.2, 0) is 16.1 Å². The first-order valence-electron chi connectivity index (χ1n) is 7.91. The van der Waals surface area contributed by atoms with E-state index in [1.165, 1.54) is 0 Å². The average molecular weight is 329 g/mol. The summed E-state index contributed by atoms with van der Waals surface area (Å²) in [7, 11) is 1.59. The van der Waals surface area contributed by atoms with Crippen molar-refractivity contribution in [3.05, 3.63) is 65.7 Å². The van der Waals surface area contributed by atoms with Crippen molar-refractivity contribution < 1.29 is 19.4 Å². The highest BCUT2D eigenvalue weighted by Gasteiger charge is 2.28. The first kappa shape index (κ1) is 18.0. The summed E-state index contributed by atoms with van der Waals surface area (Å²) in [5, 5.41) is 13.6. The molecule has 2 rings (SSSR count). The zero-order chi connectivity index (χ0) is 17.4. The number of hydrogen-bond donors (Lipinski definition) is 2. The maximum Gasteiger partial charge on any atom is 0.336 e. The van der Waals surface area contributed by atoms with Crippen LogP contribution < -0.4 is 10.1 Å². The highest BCUT2D eigenvalue weighted by Crippen LogP contribution is 2.22. The van der Waals surface area contributed by atoms with Gasteiger partial charge in [0.05, 0.1) is 19.8 Å². The fraction of sp³-hybridized carbons (Fsp3) is 0.316. The number of nitrogens with one attached hydrogen (secondary N) is 1. The van der Waals surface area contributed by atoms with Gasteiger partial charge < -0.3 is 19.9 Å². The molecule has 5 nitrogen and oxygen atoms in total. The lowest BCUT2D eigenvalue weighted by Crippen LogP contribution is -2.38. The van der Waals surface area contributed by atoms with Crippen LogP contribution in [-0.4, -0.2) is 30.9 Å². The minimum absolute atomic E-state index is 0.226. The van der Waals surface area contributed by atoms with Crippen molar-refractivity contribution in [1.82, 2.24) is 5.32 Å². The molecule has 0 aromatic heterocycles. The zero-order valence-electron chi connectivity index (χ0n) is 13.9. The molecule has 0 radical (unpaired) electrons. The predicted molar refractivity (Wildman–Crippen MR) is 91.7 cm³/mol. The number of aliphatic hydroxyl groups excluding tert-OH is 1. The second-order valence-electron chi connectivity index (χ2n) is 5.31. The third-order valence-electron chi connectivity index (χ3n) is 3.69. The molecule has 0 saturated carbocycles. The second kappa shape index (κ2) is 9.05. The van der Waals surface area contributed by atoms with Crippen LogP contribution in [0.3, 0.4) is 0 Å². The van der Waals surface area contributed by atoms with Crippen molar-refractivity contribution in [2.24, 2.45) is 0 Å². The standard InChI is InChI=1S/C19H23NO4/c1-3-24-19(22)18(21)17(15-9-11-16(23-2)12-10-15)20-13-14-7-5-4-6-8-14/h4-12,17-18,20-21H,3,13H2,1-2H3/t17-,18+/m0/s1. The summed E-state index contributed by atoms with van der Waals surface area (Å²) < 4.78 is 10.1. The number of rotatable bonds is 8. The van der Waals surface area contributed by atoms with E-state index in [1.807, 2.05) is 42.5 Å². The number of ether oxygens (including phenoxy) is 2. The van der Waals surface area contributed by atoms with Crippen molar-refractivity contribution in [3.8, 4) is 5.75 Å². The van der Waals surface area contributed by atoms with E-state index >= 15 is 0 Å². The first-order valence-corrected chi connectivity index (χ1v) is 7.91. The first-order chi connectivity index (χ1) is 11.7. The van der Waals surface area contributed by atoms with Gasteiger partial charge in [0.15, 0.2) is 6.10 Å². The zero-order valence-corrected chi connectivity index (χ0v) is 13.9. The van der Waals surface area contributed by atoms with Crippen molar-refractivity contribution in [2.45, 2.75) is 25.6 Å². The van der Waals surface area contributed by atoms with Crippen molar-refractivity contribution >= 4 is 5.97 Å². The molecule has 0 aliphatic heterocycles. The third kappa shape index (κ3) is 4.81. The summed E-state index contributed by atoms with van der Waals surface area (Å²) in [5.41, 5.74) is 1.85. The normalized spacial score (nSPS) is 13.1. The van der Waals surface area contributed by atoms with Gasteiger partial charge >= 0.3 is 5.97 Å². The molecule has 0 amide bonds. The Bertz CT molecular complexity index is 628. The number of carbonyl (C=O) groups excluding carboxylic acids is 1. The van der Waals surface area contributed by atoms with Gasteiger partial charge in [-0.15, -0.1) is 0 Å². The van der Waals surface area contributed by atoms with Crippen LogP contribution in [0.4, 0.5) is 0 Å². The van der Waals surface area contributed by atoms with Crippen LogP contribution in [0.2, 0.25) is 0 Å². The van der Waals surface area contributed by atoms with Crippen LogP contribution in [0, 0.1) is 0 Å². The number of esters is 1. The van der Waals surface area contributed by atoms with Crippen LogP contribution in [0.5, 0.6) is 5.75 Å². The van der Waals surface area contributed by atoms with Gasteiger partial charge in [-0.1, -0.05) is 42.5 Å². The number of benzene rings is 2.